The lowest BCUT2D eigenvalue weighted by atomic mass is 10.1. The first-order chi connectivity index (χ1) is 15.5. The van der Waals surface area contributed by atoms with Gasteiger partial charge in [-0.2, -0.15) is 0 Å². The highest BCUT2D eigenvalue weighted by atomic mass is 127. The number of aromatic nitrogens is 2. The summed E-state index contributed by atoms with van der Waals surface area (Å²) in [6.07, 6.45) is 3.74. The predicted molar refractivity (Wildman–Crippen MR) is 146 cm³/mol. The van der Waals surface area contributed by atoms with Gasteiger partial charge in [0, 0.05) is 63.8 Å². The van der Waals surface area contributed by atoms with Crippen molar-refractivity contribution >= 4 is 35.9 Å². The van der Waals surface area contributed by atoms with Gasteiger partial charge >= 0.3 is 0 Å². The summed E-state index contributed by atoms with van der Waals surface area (Å²) in [5.41, 5.74) is 2.29. The van der Waals surface area contributed by atoms with E-state index in [4.69, 9.17) is 9.73 Å². The molecule has 2 N–H and O–H groups in total. The standard InChI is InChI=1S/C24H37N7O.HI/c1-5-25-23(29-18-21-8-7-20(4)17-22(21)32-19(2)3)26-11-12-30-13-15-31(16-14-30)24-27-9-6-10-28-24;/h6-10,17,19H,5,11-16,18H2,1-4H3,(H2,25,26,29);1H. The summed E-state index contributed by atoms with van der Waals surface area (Å²) in [6.45, 7) is 15.4. The first-order valence-corrected chi connectivity index (χ1v) is 11.6. The van der Waals surface area contributed by atoms with Crippen LogP contribution in [0.1, 0.15) is 31.9 Å². The fourth-order valence-electron chi connectivity index (χ4n) is 3.62. The van der Waals surface area contributed by atoms with Gasteiger partial charge in [-0.1, -0.05) is 12.1 Å². The van der Waals surface area contributed by atoms with E-state index >= 15 is 0 Å². The van der Waals surface area contributed by atoms with Crippen LogP contribution in [0, 0.1) is 6.92 Å². The van der Waals surface area contributed by atoms with E-state index in [0.717, 1.165) is 69.0 Å². The maximum Gasteiger partial charge on any atom is 0.225 e. The Morgan fingerprint density at radius 2 is 1.85 bits per heavy atom. The zero-order valence-electron chi connectivity index (χ0n) is 20.3. The molecule has 1 aromatic carbocycles. The Hall–Kier alpha value is -2.14. The zero-order valence-corrected chi connectivity index (χ0v) is 22.6. The highest BCUT2D eigenvalue weighted by Crippen LogP contribution is 2.22. The molecular weight excluding hydrogens is 529 g/mol. The molecule has 182 valence electrons. The molecule has 0 bridgehead atoms. The topological polar surface area (TPSA) is 77.9 Å². The van der Waals surface area contributed by atoms with Crippen molar-refractivity contribution in [2.75, 3.05) is 50.7 Å². The molecule has 33 heavy (non-hydrogen) atoms. The molecule has 1 aliphatic heterocycles. The summed E-state index contributed by atoms with van der Waals surface area (Å²) in [6, 6.07) is 8.16. The van der Waals surface area contributed by atoms with Crippen LogP contribution < -0.4 is 20.3 Å². The second-order valence-electron chi connectivity index (χ2n) is 8.28. The van der Waals surface area contributed by atoms with Crippen molar-refractivity contribution in [1.82, 2.24) is 25.5 Å². The average molecular weight is 568 g/mol. The van der Waals surface area contributed by atoms with E-state index in [1.54, 1.807) is 12.4 Å². The maximum absolute atomic E-state index is 5.99. The van der Waals surface area contributed by atoms with Crippen molar-refractivity contribution in [1.29, 1.82) is 0 Å². The SMILES string of the molecule is CCNC(=NCc1ccc(C)cc1OC(C)C)NCCN1CCN(c2ncccn2)CC1.I. The second-order valence-corrected chi connectivity index (χ2v) is 8.28. The van der Waals surface area contributed by atoms with E-state index in [2.05, 4.69) is 62.4 Å². The van der Waals surface area contributed by atoms with Crippen molar-refractivity contribution in [3.8, 4) is 5.75 Å². The van der Waals surface area contributed by atoms with Crippen molar-refractivity contribution in [2.45, 2.75) is 40.3 Å². The third-order valence-electron chi connectivity index (χ3n) is 5.26. The molecule has 0 unspecified atom stereocenters. The molecule has 8 nitrogen and oxygen atoms in total. The van der Waals surface area contributed by atoms with Gasteiger partial charge in [-0.15, -0.1) is 24.0 Å². The van der Waals surface area contributed by atoms with Gasteiger partial charge in [0.05, 0.1) is 12.6 Å². The normalized spacial score (nSPS) is 14.7. The van der Waals surface area contributed by atoms with Crippen LogP contribution in [0.5, 0.6) is 5.75 Å². The van der Waals surface area contributed by atoms with Crippen LogP contribution in [-0.2, 0) is 6.54 Å². The van der Waals surface area contributed by atoms with Crippen LogP contribution in [0.2, 0.25) is 0 Å². The van der Waals surface area contributed by atoms with Gasteiger partial charge in [-0.3, -0.25) is 4.90 Å². The molecule has 2 aromatic rings. The molecule has 1 saturated heterocycles. The third kappa shape index (κ3) is 8.96. The van der Waals surface area contributed by atoms with Crippen molar-refractivity contribution in [3.63, 3.8) is 0 Å². The Balaban J connectivity index is 0.00000385. The Kier molecular flexibility index (Phi) is 11.7. The number of aryl methyl sites for hydroxylation is 1. The van der Waals surface area contributed by atoms with Crippen molar-refractivity contribution in [3.05, 3.63) is 47.8 Å². The van der Waals surface area contributed by atoms with Crippen LogP contribution in [0.25, 0.3) is 0 Å². The van der Waals surface area contributed by atoms with Gasteiger partial charge in [-0.05, 0) is 45.4 Å². The van der Waals surface area contributed by atoms with E-state index in [0.29, 0.717) is 6.54 Å². The molecule has 3 rings (SSSR count). The largest absolute Gasteiger partial charge is 0.491 e. The lowest BCUT2D eigenvalue weighted by Crippen LogP contribution is -2.49. The van der Waals surface area contributed by atoms with E-state index in [-0.39, 0.29) is 30.1 Å². The van der Waals surface area contributed by atoms with Crippen LogP contribution in [0.15, 0.2) is 41.7 Å². The lowest BCUT2D eigenvalue weighted by molar-refractivity contribution is 0.240. The Bertz CT molecular complexity index is 855. The number of anilines is 1. The Morgan fingerprint density at radius 1 is 1.12 bits per heavy atom. The number of halogens is 1. The average Bonchev–Trinajstić information content (AvgIpc) is 2.79. The maximum atomic E-state index is 5.99. The number of hydrogen-bond donors (Lipinski definition) is 2. The van der Waals surface area contributed by atoms with E-state index in [1.165, 1.54) is 5.56 Å². The number of ether oxygens (including phenoxy) is 1. The van der Waals surface area contributed by atoms with E-state index in [1.807, 2.05) is 19.9 Å². The van der Waals surface area contributed by atoms with Gasteiger partial charge in [0.25, 0.3) is 0 Å². The number of rotatable bonds is 9. The van der Waals surface area contributed by atoms with Crippen LogP contribution in [0.4, 0.5) is 5.95 Å². The summed E-state index contributed by atoms with van der Waals surface area (Å²) >= 11 is 0. The Labute approximate surface area is 215 Å². The monoisotopic (exact) mass is 567 g/mol. The van der Waals surface area contributed by atoms with Crippen LogP contribution in [-0.4, -0.2) is 72.7 Å². The summed E-state index contributed by atoms with van der Waals surface area (Å²) in [4.78, 5) is 18.2. The molecule has 0 radical (unpaired) electrons. The number of aliphatic imine (C=N–C) groups is 1. The number of guanidine groups is 1. The molecule has 0 spiro atoms. The van der Waals surface area contributed by atoms with Crippen molar-refractivity contribution in [2.24, 2.45) is 4.99 Å². The first-order valence-electron chi connectivity index (χ1n) is 11.6. The highest BCUT2D eigenvalue weighted by Gasteiger charge is 2.18. The molecule has 9 heteroatoms. The van der Waals surface area contributed by atoms with Gasteiger partial charge in [0.1, 0.15) is 5.75 Å². The first kappa shape index (κ1) is 27.1. The minimum absolute atomic E-state index is 0. The van der Waals surface area contributed by atoms with Crippen LogP contribution >= 0.6 is 24.0 Å². The summed E-state index contributed by atoms with van der Waals surface area (Å²) < 4.78 is 5.99. The van der Waals surface area contributed by atoms with Crippen LogP contribution in [0.3, 0.4) is 0 Å². The fourth-order valence-corrected chi connectivity index (χ4v) is 3.62. The molecular formula is C24H38IN7O. The third-order valence-corrected chi connectivity index (χ3v) is 5.26. The van der Waals surface area contributed by atoms with Gasteiger partial charge in [0.2, 0.25) is 5.95 Å². The number of nitrogens with zero attached hydrogens (tertiary/aromatic N) is 5. The smallest absolute Gasteiger partial charge is 0.225 e. The van der Waals surface area contributed by atoms with Gasteiger partial charge in [-0.25, -0.2) is 15.0 Å². The highest BCUT2D eigenvalue weighted by molar-refractivity contribution is 14.0. The minimum Gasteiger partial charge on any atom is -0.491 e. The van der Waals surface area contributed by atoms with E-state index < -0.39 is 0 Å². The molecule has 1 aliphatic rings. The van der Waals surface area contributed by atoms with Gasteiger partial charge < -0.3 is 20.3 Å². The number of nitrogens with one attached hydrogen (secondary N) is 2. The number of benzene rings is 1. The molecule has 0 saturated carbocycles. The molecule has 1 aromatic heterocycles. The molecule has 1 fully saturated rings. The number of hydrogen-bond acceptors (Lipinski definition) is 6. The molecule has 0 amide bonds. The van der Waals surface area contributed by atoms with Gasteiger partial charge in [0.15, 0.2) is 5.96 Å². The second kappa shape index (κ2) is 14.2. The minimum atomic E-state index is 0. The van der Waals surface area contributed by atoms with Crippen molar-refractivity contribution < 1.29 is 4.74 Å². The summed E-state index contributed by atoms with van der Waals surface area (Å²) in [7, 11) is 0. The molecule has 0 atom stereocenters. The Morgan fingerprint density at radius 3 is 2.52 bits per heavy atom. The summed E-state index contributed by atoms with van der Waals surface area (Å²) in [5.74, 6) is 2.57. The predicted octanol–water partition coefficient (Wildman–Crippen LogP) is 3.07. The zero-order chi connectivity index (χ0) is 22.8. The fraction of sp³-hybridized carbons (Fsp3) is 0.542. The molecule has 2 heterocycles. The molecule has 0 aliphatic carbocycles. The van der Waals surface area contributed by atoms with E-state index in [9.17, 15) is 0 Å². The summed E-state index contributed by atoms with van der Waals surface area (Å²) in [5, 5.41) is 6.82. The number of piperazine rings is 1. The quantitative estimate of drug-likeness (QED) is 0.274. The lowest BCUT2D eigenvalue weighted by Gasteiger charge is -2.34.